The monoisotopic (exact) mass is 274 g/mol. The van der Waals surface area contributed by atoms with Crippen molar-refractivity contribution < 1.29 is 36.2 Å². The largest absolute Gasteiger partial charge is 0.496 e. The topological polar surface area (TPSA) is 29.5 Å². The summed E-state index contributed by atoms with van der Waals surface area (Å²) in [4.78, 5) is 0. The molecule has 0 saturated carbocycles. The summed E-state index contributed by atoms with van der Waals surface area (Å²) in [5.74, 6) is -0.938. The van der Waals surface area contributed by atoms with E-state index in [1.165, 1.54) is 0 Å². The number of halogens is 6. The van der Waals surface area contributed by atoms with Crippen LogP contribution in [0, 0.1) is 0 Å². The van der Waals surface area contributed by atoms with Crippen LogP contribution in [0.4, 0.5) is 26.3 Å². The fraction of sp³-hybridized carbons (Fsp3) is 0.400. The second-order valence-electron chi connectivity index (χ2n) is 3.33. The highest BCUT2D eigenvalue weighted by atomic mass is 19.4. The second kappa shape index (κ2) is 4.68. The lowest BCUT2D eigenvalue weighted by Crippen LogP contribution is -2.20. The molecular weight excluding hydrogens is 266 g/mol. The van der Waals surface area contributed by atoms with E-state index in [4.69, 9.17) is 5.11 Å². The predicted molar refractivity (Wildman–Crippen MR) is 48.9 cm³/mol. The minimum Gasteiger partial charge on any atom is -0.496 e. The Morgan fingerprint density at radius 2 is 1.50 bits per heavy atom. The Morgan fingerprint density at radius 3 is 1.83 bits per heavy atom. The molecule has 2 nitrogen and oxygen atoms in total. The van der Waals surface area contributed by atoms with E-state index in [1.54, 1.807) is 0 Å². The number of hydrogen-bond acceptors (Lipinski definition) is 2. The average Bonchev–Trinajstić information content (AvgIpc) is 2.24. The maximum atomic E-state index is 12.7. The number of rotatable bonds is 2. The van der Waals surface area contributed by atoms with Crippen LogP contribution in [0.1, 0.15) is 16.7 Å². The maximum absolute atomic E-state index is 12.7. The molecule has 0 aliphatic rings. The van der Waals surface area contributed by atoms with Crippen molar-refractivity contribution in [2.45, 2.75) is 19.0 Å². The van der Waals surface area contributed by atoms with E-state index in [0.717, 1.165) is 19.2 Å². The predicted octanol–water partition coefficient (Wildman–Crippen LogP) is 3.23. The van der Waals surface area contributed by atoms with Crippen molar-refractivity contribution in [3.8, 4) is 5.75 Å². The van der Waals surface area contributed by atoms with Gasteiger partial charge in [0.05, 0.1) is 19.3 Å². The number of aliphatic hydroxyl groups is 1. The first kappa shape index (κ1) is 14.6. The number of alkyl halides is 6. The lowest BCUT2D eigenvalue weighted by Gasteiger charge is -2.20. The van der Waals surface area contributed by atoms with Crippen molar-refractivity contribution >= 4 is 0 Å². The minimum atomic E-state index is -5.24. The van der Waals surface area contributed by atoms with Gasteiger partial charge in [-0.05, 0) is 11.6 Å². The molecule has 0 atom stereocenters. The van der Waals surface area contributed by atoms with Gasteiger partial charge in [-0.15, -0.1) is 0 Å². The average molecular weight is 274 g/mol. The van der Waals surface area contributed by atoms with Gasteiger partial charge in [0, 0.05) is 0 Å². The second-order valence-corrected chi connectivity index (χ2v) is 3.33. The smallest absolute Gasteiger partial charge is 0.420 e. The van der Waals surface area contributed by atoms with Gasteiger partial charge in [-0.2, -0.15) is 26.3 Å². The molecule has 0 aliphatic heterocycles. The van der Waals surface area contributed by atoms with E-state index in [2.05, 4.69) is 4.74 Å². The van der Waals surface area contributed by atoms with Crippen molar-refractivity contribution in [1.29, 1.82) is 0 Å². The molecule has 0 aliphatic carbocycles. The van der Waals surface area contributed by atoms with Crippen molar-refractivity contribution in [2.24, 2.45) is 0 Å². The molecule has 0 spiro atoms. The highest BCUT2D eigenvalue weighted by Gasteiger charge is 2.47. The molecule has 0 fully saturated rings. The molecule has 1 rings (SSSR count). The fourth-order valence-electron chi connectivity index (χ4n) is 1.53. The Hall–Kier alpha value is -1.44. The molecule has 0 unspecified atom stereocenters. The van der Waals surface area contributed by atoms with Crippen molar-refractivity contribution in [2.75, 3.05) is 7.11 Å². The zero-order chi connectivity index (χ0) is 14.1. The van der Waals surface area contributed by atoms with Crippen LogP contribution in [-0.4, -0.2) is 12.2 Å². The van der Waals surface area contributed by atoms with Crippen LogP contribution in [0.15, 0.2) is 12.1 Å². The van der Waals surface area contributed by atoms with Crippen LogP contribution in [0.2, 0.25) is 0 Å². The molecule has 18 heavy (non-hydrogen) atoms. The van der Waals surface area contributed by atoms with Gasteiger partial charge < -0.3 is 9.84 Å². The summed E-state index contributed by atoms with van der Waals surface area (Å²) in [6.07, 6.45) is -10.5. The molecule has 1 aromatic carbocycles. The minimum absolute atomic E-state index is 0.740. The van der Waals surface area contributed by atoms with Crippen LogP contribution >= 0.6 is 0 Å². The molecule has 0 radical (unpaired) electrons. The summed E-state index contributed by atoms with van der Waals surface area (Å²) in [6, 6.07) is 1.49. The lowest BCUT2D eigenvalue weighted by atomic mass is 9.99. The highest BCUT2D eigenvalue weighted by molar-refractivity contribution is 5.48. The summed E-state index contributed by atoms with van der Waals surface area (Å²) in [6.45, 7) is -1.15. The van der Waals surface area contributed by atoms with E-state index < -0.39 is 41.4 Å². The van der Waals surface area contributed by atoms with Gasteiger partial charge in [-0.3, -0.25) is 0 Å². The van der Waals surface area contributed by atoms with Crippen LogP contribution in [-0.2, 0) is 19.0 Å². The molecular formula is C10H8F6O2. The van der Waals surface area contributed by atoms with E-state index in [9.17, 15) is 26.3 Å². The van der Waals surface area contributed by atoms with Crippen molar-refractivity contribution in [1.82, 2.24) is 0 Å². The Bertz CT molecular complexity index is 394. The molecule has 1 aromatic rings. The van der Waals surface area contributed by atoms with Gasteiger partial charge in [0.25, 0.3) is 0 Å². The van der Waals surface area contributed by atoms with Gasteiger partial charge in [-0.25, -0.2) is 0 Å². The third-order valence-corrected chi connectivity index (χ3v) is 2.21. The van der Waals surface area contributed by atoms with Gasteiger partial charge in [0.15, 0.2) is 0 Å². The van der Waals surface area contributed by atoms with Crippen LogP contribution in [0.5, 0.6) is 5.75 Å². The fourth-order valence-corrected chi connectivity index (χ4v) is 1.53. The Balaban J connectivity index is 3.71. The molecule has 0 saturated heterocycles. The number of benzene rings is 1. The first-order chi connectivity index (χ1) is 8.12. The Morgan fingerprint density at radius 1 is 1.00 bits per heavy atom. The van der Waals surface area contributed by atoms with Gasteiger partial charge in [-0.1, -0.05) is 6.07 Å². The summed E-state index contributed by atoms with van der Waals surface area (Å²) < 4.78 is 80.4. The van der Waals surface area contributed by atoms with Crippen molar-refractivity contribution in [3.05, 3.63) is 28.8 Å². The Kier molecular flexibility index (Phi) is 3.80. The molecule has 0 heterocycles. The van der Waals surface area contributed by atoms with Crippen LogP contribution < -0.4 is 4.74 Å². The highest BCUT2D eigenvalue weighted by Crippen LogP contribution is 2.46. The summed E-state index contributed by atoms with van der Waals surface area (Å²) in [7, 11) is 0.837. The third-order valence-electron chi connectivity index (χ3n) is 2.21. The molecule has 0 amide bonds. The summed E-state index contributed by atoms with van der Waals surface area (Å²) in [5, 5.41) is 8.73. The molecule has 102 valence electrons. The standard InChI is InChI=1S/C10H8F6O2/c1-18-6-3-2-5(4-17)7(9(11,12)13)8(6)10(14,15)16/h2-3,17H,4H2,1H3. The number of hydrogen-bond donors (Lipinski definition) is 1. The van der Waals surface area contributed by atoms with Crippen LogP contribution in [0.3, 0.4) is 0 Å². The molecule has 8 heteroatoms. The summed E-state index contributed by atoms with van der Waals surface area (Å²) in [5.41, 5.74) is -4.70. The normalized spacial score (nSPS) is 12.7. The van der Waals surface area contributed by atoms with Gasteiger partial charge in [0.1, 0.15) is 11.3 Å². The quantitative estimate of drug-likeness (QED) is 0.839. The van der Waals surface area contributed by atoms with Gasteiger partial charge in [0.2, 0.25) is 0 Å². The SMILES string of the molecule is COc1ccc(CO)c(C(F)(F)F)c1C(F)(F)F. The first-order valence-corrected chi connectivity index (χ1v) is 4.58. The molecule has 1 N–H and O–H groups in total. The zero-order valence-electron chi connectivity index (χ0n) is 8.99. The molecule has 0 aromatic heterocycles. The number of ether oxygens (including phenoxy) is 1. The van der Waals surface area contributed by atoms with E-state index in [-0.39, 0.29) is 0 Å². The van der Waals surface area contributed by atoms with Crippen LogP contribution in [0.25, 0.3) is 0 Å². The first-order valence-electron chi connectivity index (χ1n) is 4.58. The van der Waals surface area contributed by atoms with Crippen molar-refractivity contribution in [3.63, 3.8) is 0 Å². The maximum Gasteiger partial charge on any atom is 0.420 e. The number of aliphatic hydroxyl groups excluding tert-OH is 1. The van der Waals surface area contributed by atoms with E-state index in [1.807, 2.05) is 0 Å². The third kappa shape index (κ3) is 2.69. The number of methoxy groups -OCH3 is 1. The van der Waals surface area contributed by atoms with E-state index >= 15 is 0 Å². The summed E-state index contributed by atoms with van der Waals surface area (Å²) >= 11 is 0. The zero-order valence-corrected chi connectivity index (χ0v) is 8.99. The van der Waals surface area contributed by atoms with E-state index in [0.29, 0.717) is 0 Å². The van der Waals surface area contributed by atoms with Gasteiger partial charge >= 0.3 is 12.4 Å². The Labute approximate surface area is 97.8 Å². The molecule has 0 bridgehead atoms. The lowest BCUT2D eigenvalue weighted by molar-refractivity contribution is -0.163.